The highest BCUT2D eigenvalue weighted by Crippen LogP contribution is 2.64. The van der Waals surface area contributed by atoms with Gasteiger partial charge in [0.1, 0.15) is 6.61 Å². The SMILES string of the molecule is COc1ccc([C@@H]2CN(C(=O)[C@H](Cc3ccccc3)OC(C)=O)C[C@]23C[C@@H]3C)cc1OCc1ccccc1. The molecule has 1 saturated heterocycles. The zero-order valence-corrected chi connectivity index (χ0v) is 22.3. The van der Waals surface area contributed by atoms with Gasteiger partial charge in [0.2, 0.25) is 0 Å². The lowest BCUT2D eigenvalue weighted by atomic mass is 9.84. The Bertz CT molecular complexity index is 1280. The molecule has 38 heavy (non-hydrogen) atoms. The van der Waals surface area contributed by atoms with E-state index in [1.165, 1.54) is 6.92 Å². The summed E-state index contributed by atoms with van der Waals surface area (Å²) in [6.07, 6.45) is 0.591. The number of hydrogen-bond donors (Lipinski definition) is 0. The number of ether oxygens (including phenoxy) is 3. The van der Waals surface area contributed by atoms with Crippen molar-refractivity contribution in [1.29, 1.82) is 0 Å². The normalized spacial score (nSPS) is 22.7. The first-order valence-corrected chi connectivity index (χ1v) is 13.2. The molecule has 2 aliphatic rings. The lowest BCUT2D eigenvalue weighted by Gasteiger charge is -2.23. The Morgan fingerprint density at radius 3 is 2.24 bits per heavy atom. The summed E-state index contributed by atoms with van der Waals surface area (Å²) in [6, 6.07) is 25.9. The average molecular weight is 514 g/mol. The third-order valence-electron chi connectivity index (χ3n) is 8.08. The van der Waals surface area contributed by atoms with Crippen molar-refractivity contribution in [2.24, 2.45) is 11.3 Å². The van der Waals surface area contributed by atoms with Crippen LogP contribution in [0.25, 0.3) is 0 Å². The van der Waals surface area contributed by atoms with E-state index in [4.69, 9.17) is 14.2 Å². The van der Waals surface area contributed by atoms with E-state index in [0.29, 0.717) is 43.5 Å². The van der Waals surface area contributed by atoms with Crippen molar-refractivity contribution >= 4 is 11.9 Å². The van der Waals surface area contributed by atoms with E-state index in [2.05, 4.69) is 19.1 Å². The highest BCUT2D eigenvalue weighted by atomic mass is 16.5. The second-order valence-electron chi connectivity index (χ2n) is 10.6. The van der Waals surface area contributed by atoms with Gasteiger partial charge in [0, 0.05) is 32.4 Å². The molecular formula is C32H35NO5. The summed E-state index contributed by atoms with van der Waals surface area (Å²) >= 11 is 0. The second kappa shape index (κ2) is 10.9. The topological polar surface area (TPSA) is 65.1 Å². The number of methoxy groups -OCH3 is 1. The molecule has 198 valence electrons. The number of hydrogen-bond acceptors (Lipinski definition) is 5. The predicted octanol–water partition coefficient (Wildman–Crippen LogP) is 5.40. The van der Waals surface area contributed by atoms with E-state index in [-0.39, 0.29) is 17.2 Å². The van der Waals surface area contributed by atoms with Gasteiger partial charge in [0.25, 0.3) is 5.91 Å². The Morgan fingerprint density at radius 1 is 0.974 bits per heavy atom. The fourth-order valence-corrected chi connectivity index (χ4v) is 5.92. The van der Waals surface area contributed by atoms with Gasteiger partial charge in [0.15, 0.2) is 17.6 Å². The molecule has 2 fully saturated rings. The van der Waals surface area contributed by atoms with Crippen LogP contribution in [-0.4, -0.2) is 43.1 Å². The van der Waals surface area contributed by atoms with Gasteiger partial charge in [-0.2, -0.15) is 0 Å². The Morgan fingerprint density at radius 2 is 1.63 bits per heavy atom. The average Bonchev–Trinajstić information content (AvgIpc) is 3.41. The minimum atomic E-state index is -0.833. The van der Waals surface area contributed by atoms with E-state index in [1.807, 2.05) is 71.6 Å². The van der Waals surface area contributed by atoms with Crippen LogP contribution in [-0.2, 0) is 27.4 Å². The van der Waals surface area contributed by atoms with Crippen LogP contribution in [0.1, 0.15) is 42.9 Å². The summed E-state index contributed by atoms with van der Waals surface area (Å²) in [5.41, 5.74) is 3.21. The molecule has 1 heterocycles. The molecule has 3 aromatic carbocycles. The molecule has 0 N–H and O–H groups in total. The van der Waals surface area contributed by atoms with E-state index in [1.54, 1.807) is 7.11 Å². The number of nitrogens with zero attached hydrogens (tertiary/aromatic N) is 1. The molecule has 6 nitrogen and oxygen atoms in total. The standard InChI is InChI=1S/C32H35NO5/c1-22-18-32(22)21-33(31(35)30(38-23(2)34)16-24-10-6-4-7-11-24)19-27(32)26-14-15-28(36-3)29(17-26)37-20-25-12-8-5-9-13-25/h4-15,17,22,27,30H,16,18-21H2,1-3H3/t22-,27-,30-,32-/m0/s1. The molecule has 0 unspecified atom stereocenters. The third-order valence-corrected chi connectivity index (χ3v) is 8.08. The molecule has 1 saturated carbocycles. The molecule has 1 amide bonds. The zero-order chi connectivity index (χ0) is 26.7. The highest BCUT2D eigenvalue weighted by Gasteiger charge is 2.62. The molecule has 1 aliphatic carbocycles. The number of esters is 1. The maximum Gasteiger partial charge on any atom is 0.303 e. The van der Waals surface area contributed by atoms with Gasteiger partial charge in [-0.05, 0) is 46.6 Å². The molecule has 1 spiro atoms. The number of amides is 1. The summed E-state index contributed by atoms with van der Waals surface area (Å²) in [6.45, 7) is 5.30. The van der Waals surface area contributed by atoms with Crippen LogP contribution in [0.5, 0.6) is 11.5 Å². The van der Waals surface area contributed by atoms with Crippen molar-refractivity contribution in [3.63, 3.8) is 0 Å². The van der Waals surface area contributed by atoms with E-state index in [9.17, 15) is 9.59 Å². The van der Waals surface area contributed by atoms with Crippen molar-refractivity contribution < 1.29 is 23.8 Å². The first-order valence-electron chi connectivity index (χ1n) is 13.2. The Balaban J connectivity index is 1.37. The molecule has 1 aliphatic heterocycles. The van der Waals surface area contributed by atoms with Gasteiger partial charge in [-0.3, -0.25) is 9.59 Å². The van der Waals surface area contributed by atoms with Crippen molar-refractivity contribution in [3.8, 4) is 11.5 Å². The van der Waals surface area contributed by atoms with Crippen LogP contribution in [0.2, 0.25) is 0 Å². The van der Waals surface area contributed by atoms with E-state index in [0.717, 1.165) is 23.1 Å². The molecular weight excluding hydrogens is 478 g/mol. The minimum Gasteiger partial charge on any atom is -0.493 e. The van der Waals surface area contributed by atoms with Crippen molar-refractivity contribution in [2.45, 2.75) is 45.3 Å². The largest absolute Gasteiger partial charge is 0.493 e. The fraction of sp³-hybridized carbons (Fsp3) is 0.375. The quantitative estimate of drug-likeness (QED) is 0.359. The fourth-order valence-electron chi connectivity index (χ4n) is 5.92. The van der Waals surface area contributed by atoms with Gasteiger partial charge in [0.05, 0.1) is 7.11 Å². The molecule has 3 aromatic rings. The van der Waals surface area contributed by atoms with Crippen LogP contribution >= 0.6 is 0 Å². The van der Waals surface area contributed by atoms with Crippen LogP contribution in [0.4, 0.5) is 0 Å². The number of carbonyl (C=O) groups excluding carboxylic acids is 2. The highest BCUT2D eigenvalue weighted by molar-refractivity contribution is 5.84. The van der Waals surface area contributed by atoms with Gasteiger partial charge >= 0.3 is 5.97 Å². The van der Waals surface area contributed by atoms with Crippen LogP contribution in [0.15, 0.2) is 78.9 Å². The maximum absolute atomic E-state index is 13.7. The Kier molecular flexibility index (Phi) is 7.41. The molecule has 5 rings (SSSR count). The van der Waals surface area contributed by atoms with Crippen molar-refractivity contribution in [1.82, 2.24) is 4.90 Å². The first kappa shape index (κ1) is 25.8. The third kappa shape index (κ3) is 5.40. The summed E-state index contributed by atoms with van der Waals surface area (Å²) < 4.78 is 17.3. The number of rotatable bonds is 9. The predicted molar refractivity (Wildman–Crippen MR) is 145 cm³/mol. The van der Waals surface area contributed by atoms with Crippen LogP contribution in [0, 0.1) is 11.3 Å². The van der Waals surface area contributed by atoms with E-state index < -0.39 is 12.1 Å². The lowest BCUT2D eigenvalue weighted by Crippen LogP contribution is -2.41. The molecule has 4 atom stereocenters. The van der Waals surface area contributed by atoms with Gasteiger partial charge in [-0.15, -0.1) is 0 Å². The summed E-state index contributed by atoms with van der Waals surface area (Å²) in [5, 5.41) is 0. The van der Waals surface area contributed by atoms with Crippen LogP contribution < -0.4 is 9.47 Å². The molecule has 6 heteroatoms. The second-order valence-corrected chi connectivity index (χ2v) is 10.6. The maximum atomic E-state index is 13.7. The number of likely N-dealkylation sites (tertiary alicyclic amines) is 1. The molecule has 0 bridgehead atoms. The summed E-state index contributed by atoms with van der Waals surface area (Å²) in [5.74, 6) is 1.48. The number of carbonyl (C=O) groups is 2. The Hall–Kier alpha value is -3.80. The Labute approximate surface area is 224 Å². The lowest BCUT2D eigenvalue weighted by molar-refractivity contribution is -0.158. The van der Waals surface area contributed by atoms with Crippen LogP contribution in [0.3, 0.4) is 0 Å². The monoisotopic (exact) mass is 513 g/mol. The van der Waals surface area contributed by atoms with Gasteiger partial charge in [-0.1, -0.05) is 73.7 Å². The zero-order valence-electron chi connectivity index (χ0n) is 22.3. The summed E-state index contributed by atoms with van der Waals surface area (Å²) in [7, 11) is 1.65. The van der Waals surface area contributed by atoms with E-state index >= 15 is 0 Å². The molecule has 0 radical (unpaired) electrons. The smallest absolute Gasteiger partial charge is 0.303 e. The van der Waals surface area contributed by atoms with Gasteiger partial charge < -0.3 is 19.1 Å². The molecule has 0 aromatic heterocycles. The number of benzene rings is 3. The van der Waals surface area contributed by atoms with Crippen molar-refractivity contribution in [3.05, 3.63) is 95.6 Å². The summed E-state index contributed by atoms with van der Waals surface area (Å²) in [4.78, 5) is 27.5. The minimum absolute atomic E-state index is 0.0223. The van der Waals surface area contributed by atoms with Crippen molar-refractivity contribution in [2.75, 3.05) is 20.2 Å². The first-order chi connectivity index (χ1) is 18.4. The van der Waals surface area contributed by atoms with Gasteiger partial charge in [-0.25, -0.2) is 0 Å².